The van der Waals surface area contributed by atoms with E-state index in [0.717, 1.165) is 12.1 Å². The number of carbonyl (C=O) groups excluding carboxylic acids is 2. The number of alkyl halides is 3. The van der Waals surface area contributed by atoms with Crippen LogP contribution < -0.4 is 5.32 Å². The molecule has 4 nitrogen and oxygen atoms in total. The van der Waals surface area contributed by atoms with E-state index in [1.165, 1.54) is 29.2 Å². The fourth-order valence-electron chi connectivity index (χ4n) is 2.36. The average molecular weight is 464 g/mol. The van der Waals surface area contributed by atoms with Crippen LogP contribution in [0.4, 0.5) is 18.9 Å². The van der Waals surface area contributed by atoms with Crippen LogP contribution in [-0.4, -0.2) is 29.8 Å². The number of likely N-dealkylation sites (N-methyl/N-ethyl adjacent to an activating group) is 1. The first-order valence-electron chi connectivity index (χ1n) is 7.84. The van der Waals surface area contributed by atoms with Gasteiger partial charge in [0, 0.05) is 11.0 Å². The zero-order valence-electron chi connectivity index (χ0n) is 14.1. The van der Waals surface area contributed by atoms with Gasteiger partial charge in [0.1, 0.15) is 6.54 Å². The number of nitrogens with one attached hydrogen (secondary N) is 1. The van der Waals surface area contributed by atoms with Gasteiger partial charge in [-0.3, -0.25) is 9.59 Å². The maximum absolute atomic E-state index is 13.0. The van der Waals surface area contributed by atoms with E-state index in [2.05, 4.69) is 21.2 Å². The molecule has 1 N–H and O–H groups in total. The third kappa shape index (κ3) is 5.46. The number of para-hydroxylation sites is 1. The van der Waals surface area contributed by atoms with E-state index < -0.39 is 30.1 Å². The molecular formula is C18H15BrClF3N2O2. The van der Waals surface area contributed by atoms with E-state index in [0.29, 0.717) is 4.47 Å². The number of benzene rings is 2. The topological polar surface area (TPSA) is 49.4 Å². The number of amides is 2. The Labute approximate surface area is 167 Å². The number of carbonyl (C=O) groups is 2. The lowest BCUT2D eigenvalue weighted by atomic mass is 10.1. The van der Waals surface area contributed by atoms with Crippen molar-refractivity contribution in [3.05, 3.63) is 63.1 Å². The Morgan fingerprint density at radius 2 is 1.85 bits per heavy atom. The summed E-state index contributed by atoms with van der Waals surface area (Å²) in [6, 6.07) is 9.36. The second-order valence-electron chi connectivity index (χ2n) is 5.54. The predicted molar refractivity (Wildman–Crippen MR) is 101 cm³/mol. The summed E-state index contributed by atoms with van der Waals surface area (Å²) in [4.78, 5) is 26.1. The van der Waals surface area contributed by atoms with Gasteiger partial charge in [-0.15, -0.1) is 0 Å². The van der Waals surface area contributed by atoms with Gasteiger partial charge in [0.25, 0.3) is 5.91 Å². The molecule has 0 radical (unpaired) electrons. The third-order valence-corrected chi connectivity index (χ3v) is 4.49. The fraction of sp³-hybridized carbons (Fsp3) is 0.222. The molecule has 0 aromatic heterocycles. The van der Waals surface area contributed by atoms with Gasteiger partial charge in [0.15, 0.2) is 0 Å². The van der Waals surface area contributed by atoms with Gasteiger partial charge < -0.3 is 10.2 Å². The second kappa shape index (κ2) is 8.75. The van der Waals surface area contributed by atoms with E-state index in [4.69, 9.17) is 11.6 Å². The number of anilines is 1. The highest BCUT2D eigenvalue weighted by Crippen LogP contribution is 2.34. The molecule has 2 aromatic rings. The molecule has 9 heteroatoms. The van der Waals surface area contributed by atoms with Crippen LogP contribution in [0.3, 0.4) is 0 Å². The Morgan fingerprint density at radius 1 is 1.19 bits per heavy atom. The molecule has 0 aliphatic heterocycles. The largest absolute Gasteiger partial charge is 0.418 e. The van der Waals surface area contributed by atoms with Crippen molar-refractivity contribution in [2.24, 2.45) is 0 Å². The van der Waals surface area contributed by atoms with E-state index in [-0.39, 0.29) is 22.8 Å². The molecule has 0 heterocycles. The summed E-state index contributed by atoms with van der Waals surface area (Å²) in [6.45, 7) is 1.42. The highest BCUT2D eigenvalue weighted by atomic mass is 79.9. The zero-order valence-corrected chi connectivity index (χ0v) is 16.5. The van der Waals surface area contributed by atoms with Crippen LogP contribution in [0.1, 0.15) is 22.8 Å². The number of hydrogen-bond acceptors (Lipinski definition) is 2. The highest BCUT2D eigenvalue weighted by molar-refractivity contribution is 9.10. The second-order valence-corrected chi connectivity index (χ2v) is 6.86. The van der Waals surface area contributed by atoms with E-state index >= 15 is 0 Å². The number of nitrogens with zero attached hydrogens (tertiary/aromatic N) is 1. The van der Waals surface area contributed by atoms with E-state index in [1.807, 2.05) is 0 Å². The standard InChI is InChI=1S/C18H15BrClF3N2O2/c1-2-25(17(27)12-9-11(19)7-8-14(12)20)10-16(26)24-15-6-4-3-5-13(15)18(21,22)23/h3-9H,2,10H2,1H3,(H,24,26). The lowest BCUT2D eigenvalue weighted by molar-refractivity contribution is -0.137. The van der Waals surface area contributed by atoms with Crippen LogP contribution in [0.25, 0.3) is 0 Å². The van der Waals surface area contributed by atoms with Crippen molar-refractivity contribution in [1.82, 2.24) is 4.90 Å². The number of hydrogen-bond donors (Lipinski definition) is 1. The van der Waals surface area contributed by atoms with Crippen LogP contribution in [0.15, 0.2) is 46.9 Å². The van der Waals surface area contributed by atoms with Crippen LogP contribution in [0, 0.1) is 0 Å². The van der Waals surface area contributed by atoms with Gasteiger partial charge in [-0.1, -0.05) is 39.7 Å². The van der Waals surface area contributed by atoms with Crippen molar-refractivity contribution in [3.8, 4) is 0 Å². The summed E-state index contributed by atoms with van der Waals surface area (Å²) in [5.74, 6) is -1.24. The first-order chi connectivity index (χ1) is 12.6. The Bertz CT molecular complexity index is 859. The van der Waals surface area contributed by atoms with Gasteiger partial charge >= 0.3 is 6.18 Å². The van der Waals surface area contributed by atoms with E-state index in [1.54, 1.807) is 13.0 Å². The molecule has 0 unspecified atom stereocenters. The molecule has 0 aliphatic rings. The minimum Gasteiger partial charge on any atom is -0.330 e. The quantitative estimate of drug-likeness (QED) is 0.661. The van der Waals surface area contributed by atoms with Crippen LogP contribution in [0.2, 0.25) is 5.02 Å². The summed E-state index contributed by atoms with van der Waals surface area (Å²) in [7, 11) is 0. The van der Waals surface area contributed by atoms with Crippen molar-refractivity contribution in [2.75, 3.05) is 18.4 Å². The van der Waals surface area contributed by atoms with Gasteiger partial charge in [-0.25, -0.2) is 0 Å². The molecule has 0 saturated heterocycles. The monoisotopic (exact) mass is 462 g/mol. The average Bonchev–Trinajstić information content (AvgIpc) is 2.60. The number of halogens is 5. The summed E-state index contributed by atoms with van der Waals surface area (Å²) in [5.41, 5.74) is -1.13. The maximum Gasteiger partial charge on any atom is 0.418 e. The molecule has 144 valence electrons. The predicted octanol–water partition coefficient (Wildman–Crippen LogP) is 5.22. The molecule has 27 heavy (non-hydrogen) atoms. The summed E-state index contributed by atoms with van der Waals surface area (Å²) in [5, 5.41) is 2.43. The van der Waals surface area contributed by atoms with Gasteiger partial charge in [-0.05, 0) is 37.3 Å². The normalized spacial score (nSPS) is 11.2. The van der Waals surface area contributed by atoms with E-state index in [9.17, 15) is 22.8 Å². The van der Waals surface area contributed by atoms with Gasteiger partial charge in [-0.2, -0.15) is 13.2 Å². The van der Waals surface area contributed by atoms with Crippen LogP contribution in [0.5, 0.6) is 0 Å². The molecular weight excluding hydrogens is 449 g/mol. The number of rotatable bonds is 5. The van der Waals surface area contributed by atoms with Gasteiger partial charge in [0.2, 0.25) is 5.91 Å². The lowest BCUT2D eigenvalue weighted by Crippen LogP contribution is -2.38. The minimum atomic E-state index is -4.60. The molecule has 0 fully saturated rings. The summed E-state index contributed by atoms with van der Waals surface area (Å²) >= 11 is 9.28. The van der Waals surface area contributed by atoms with Crippen molar-refractivity contribution in [3.63, 3.8) is 0 Å². The smallest absolute Gasteiger partial charge is 0.330 e. The Kier molecular flexibility index (Phi) is 6.89. The van der Waals surface area contributed by atoms with Crippen molar-refractivity contribution < 1.29 is 22.8 Å². The fourth-order valence-corrected chi connectivity index (χ4v) is 2.92. The highest BCUT2D eigenvalue weighted by Gasteiger charge is 2.33. The van der Waals surface area contributed by atoms with Crippen molar-refractivity contribution in [2.45, 2.75) is 13.1 Å². The minimum absolute atomic E-state index is 0.177. The molecule has 0 spiro atoms. The first-order valence-corrected chi connectivity index (χ1v) is 9.01. The molecule has 0 saturated carbocycles. The SMILES string of the molecule is CCN(CC(=O)Nc1ccccc1C(F)(F)F)C(=O)c1cc(Br)ccc1Cl. The Hall–Kier alpha value is -2.06. The Morgan fingerprint density at radius 3 is 2.48 bits per heavy atom. The molecule has 2 aromatic carbocycles. The molecule has 0 atom stereocenters. The molecule has 0 bridgehead atoms. The lowest BCUT2D eigenvalue weighted by Gasteiger charge is -2.22. The van der Waals surface area contributed by atoms with Crippen molar-refractivity contribution >= 4 is 45.0 Å². The molecule has 0 aliphatic carbocycles. The molecule has 2 amide bonds. The zero-order chi connectivity index (χ0) is 20.2. The maximum atomic E-state index is 13.0. The van der Waals surface area contributed by atoms with Gasteiger partial charge in [0.05, 0.1) is 21.8 Å². The first kappa shape index (κ1) is 21.2. The summed E-state index contributed by atoms with van der Waals surface area (Å²) < 4.78 is 39.7. The van der Waals surface area contributed by atoms with Crippen LogP contribution in [-0.2, 0) is 11.0 Å². The third-order valence-electron chi connectivity index (χ3n) is 3.67. The van der Waals surface area contributed by atoms with Crippen molar-refractivity contribution in [1.29, 1.82) is 0 Å². The summed E-state index contributed by atoms with van der Waals surface area (Å²) in [6.07, 6.45) is -4.60. The Balaban J connectivity index is 2.17. The van der Waals surface area contributed by atoms with Crippen LogP contribution >= 0.6 is 27.5 Å². The molecule has 2 rings (SSSR count).